The zero-order valence-corrected chi connectivity index (χ0v) is 14.1. The number of nitrogens with zero attached hydrogens (tertiary/aromatic N) is 1. The normalized spacial score (nSPS) is 17.8. The van der Waals surface area contributed by atoms with Gasteiger partial charge in [-0.25, -0.2) is 4.79 Å². The summed E-state index contributed by atoms with van der Waals surface area (Å²) in [6, 6.07) is 4.88. The minimum atomic E-state index is -0.543. The van der Waals surface area contributed by atoms with Gasteiger partial charge in [0.1, 0.15) is 17.4 Å². The highest BCUT2D eigenvalue weighted by atomic mass is 16.5. The third-order valence-electron chi connectivity index (χ3n) is 4.57. The Hall–Kier alpha value is -2.50. The molecule has 0 aliphatic carbocycles. The van der Waals surface area contributed by atoms with E-state index in [9.17, 15) is 9.59 Å². The summed E-state index contributed by atoms with van der Waals surface area (Å²) in [5.74, 6) is 0.334. The summed E-state index contributed by atoms with van der Waals surface area (Å²) < 4.78 is 15.8. The van der Waals surface area contributed by atoms with Crippen LogP contribution in [0.3, 0.4) is 0 Å². The van der Waals surface area contributed by atoms with Crippen molar-refractivity contribution in [3.8, 4) is 5.75 Å². The van der Waals surface area contributed by atoms with Crippen LogP contribution in [-0.2, 0) is 9.53 Å². The summed E-state index contributed by atoms with van der Waals surface area (Å²) in [5, 5.41) is 0.837. The Bertz CT molecular complexity index is 779. The Labute approximate surface area is 140 Å². The molecule has 24 heavy (non-hydrogen) atoms. The first-order chi connectivity index (χ1) is 11.6. The number of fused-ring (bicyclic) bond motifs is 1. The number of furan rings is 1. The Morgan fingerprint density at radius 1 is 1.25 bits per heavy atom. The summed E-state index contributed by atoms with van der Waals surface area (Å²) in [5.41, 5.74) is 1.38. The van der Waals surface area contributed by atoms with Crippen molar-refractivity contribution in [3.63, 3.8) is 0 Å². The highest BCUT2D eigenvalue weighted by Gasteiger charge is 2.35. The van der Waals surface area contributed by atoms with Gasteiger partial charge in [-0.05, 0) is 44.4 Å². The molecule has 1 fully saturated rings. The van der Waals surface area contributed by atoms with Gasteiger partial charge in [-0.15, -0.1) is 0 Å². The van der Waals surface area contributed by atoms with E-state index in [1.165, 1.54) is 7.11 Å². The Morgan fingerprint density at radius 2 is 2.04 bits per heavy atom. The van der Waals surface area contributed by atoms with Gasteiger partial charge in [0, 0.05) is 17.5 Å². The monoisotopic (exact) mass is 331 g/mol. The fourth-order valence-corrected chi connectivity index (χ4v) is 3.22. The molecule has 2 heterocycles. The average Bonchev–Trinajstić information content (AvgIpc) is 2.96. The van der Waals surface area contributed by atoms with Gasteiger partial charge in [-0.2, -0.15) is 0 Å². The number of rotatable bonds is 3. The summed E-state index contributed by atoms with van der Waals surface area (Å²) in [4.78, 5) is 26.5. The maximum atomic E-state index is 13.0. The molecule has 1 aliphatic heterocycles. The highest BCUT2D eigenvalue weighted by Crippen LogP contribution is 2.31. The first kappa shape index (κ1) is 16.4. The van der Waals surface area contributed by atoms with Crippen LogP contribution in [0.5, 0.6) is 5.75 Å². The topological polar surface area (TPSA) is 69.0 Å². The number of benzene rings is 1. The summed E-state index contributed by atoms with van der Waals surface area (Å²) >= 11 is 0. The second-order valence-electron chi connectivity index (χ2n) is 5.95. The summed E-state index contributed by atoms with van der Waals surface area (Å²) in [6.45, 7) is 2.37. The highest BCUT2D eigenvalue weighted by molar-refractivity contribution is 6.00. The van der Waals surface area contributed by atoms with Crippen LogP contribution in [0.1, 0.15) is 35.4 Å². The Balaban J connectivity index is 1.98. The maximum Gasteiger partial charge on any atom is 0.328 e. The second-order valence-corrected chi connectivity index (χ2v) is 5.95. The number of esters is 1. The van der Waals surface area contributed by atoms with Gasteiger partial charge >= 0.3 is 5.97 Å². The van der Waals surface area contributed by atoms with Crippen LogP contribution in [-0.4, -0.2) is 43.6 Å². The molecule has 2 aromatic rings. The summed E-state index contributed by atoms with van der Waals surface area (Å²) in [6.07, 6.45) is 2.39. The van der Waals surface area contributed by atoms with Crippen molar-refractivity contribution in [1.82, 2.24) is 4.90 Å². The van der Waals surface area contributed by atoms with Crippen molar-refractivity contribution < 1.29 is 23.5 Å². The molecule has 0 radical (unpaired) electrons. The third kappa shape index (κ3) is 2.72. The molecule has 0 bridgehead atoms. The second kappa shape index (κ2) is 6.55. The first-order valence-electron chi connectivity index (χ1n) is 8.02. The maximum absolute atomic E-state index is 13.0. The first-order valence-corrected chi connectivity index (χ1v) is 8.02. The van der Waals surface area contributed by atoms with Crippen molar-refractivity contribution in [1.29, 1.82) is 0 Å². The molecule has 128 valence electrons. The van der Waals surface area contributed by atoms with Crippen molar-refractivity contribution in [2.24, 2.45) is 0 Å². The fourth-order valence-electron chi connectivity index (χ4n) is 3.22. The minimum absolute atomic E-state index is 0.266. The lowest BCUT2D eigenvalue weighted by atomic mass is 10.0. The molecular formula is C18H21NO5. The molecule has 1 unspecified atom stereocenters. The van der Waals surface area contributed by atoms with Gasteiger partial charge in [0.15, 0.2) is 5.76 Å². The van der Waals surface area contributed by atoms with Crippen molar-refractivity contribution in [2.45, 2.75) is 32.2 Å². The van der Waals surface area contributed by atoms with E-state index in [2.05, 4.69) is 0 Å². The number of methoxy groups -OCH3 is 2. The smallest absolute Gasteiger partial charge is 0.328 e. The van der Waals surface area contributed by atoms with Gasteiger partial charge < -0.3 is 18.8 Å². The number of ether oxygens (including phenoxy) is 2. The van der Waals surface area contributed by atoms with Crippen molar-refractivity contribution in [3.05, 3.63) is 29.5 Å². The van der Waals surface area contributed by atoms with E-state index < -0.39 is 6.04 Å². The zero-order chi connectivity index (χ0) is 17.3. The molecule has 3 rings (SSSR count). The van der Waals surface area contributed by atoms with E-state index in [-0.39, 0.29) is 17.6 Å². The van der Waals surface area contributed by atoms with Crippen LogP contribution < -0.4 is 4.74 Å². The van der Waals surface area contributed by atoms with Crippen LogP contribution in [0.2, 0.25) is 0 Å². The van der Waals surface area contributed by atoms with Crippen molar-refractivity contribution >= 4 is 22.8 Å². The summed E-state index contributed by atoms with van der Waals surface area (Å²) in [7, 11) is 2.94. The lowest BCUT2D eigenvalue weighted by Crippen LogP contribution is -2.48. The van der Waals surface area contributed by atoms with E-state index in [1.54, 1.807) is 24.1 Å². The standard InChI is InChI=1S/C18H21NO5/c1-11-13-10-12(22-2)7-8-15(13)24-16(11)17(20)19-9-5-4-6-14(19)18(21)23-3/h7-8,10,14H,4-6,9H2,1-3H3. The molecule has 1 aliphatic rings. The Morgan fingerprint density at radius 3 is 2.75 bits per heavy atom. The van der Waals surface area contributed by atoms with E-state index >= 15 is 0 Å². The molecule has 0 saturated carbocycles. The minimum Gasteiger partial charge on any atom is -0.497 e. The number of hydrogen-bond acceptors (Lipinski definition) is 5. The molecule has 6 nitrogen and oxygen atoms in total. The quantitative estimate of drug-likeness (QED) is 0.809. The number of hydrogen-bond donors (Lipinski definition) is 0. The van der Waals surface area contributed by atoms with Crippen molar-refractivity contribution in [2.75, 3.05) is 20.8 Å². The van der Waals surface area contributed by atoms with Crippen LogP contribution in [0.4, 0.5) is 0 Å². The van der Waals surface area contributed by atoms with E-state index in [0.29, 0.717) is 24.3 Å². The van der Waals surface area contributed by atoms with Crippen LogP contribution in [0.15, 0.2) is 22.6 Å². The number of carbonyl (C=O) groups is 2. The number of amides is 1. The molecule has 0 N–H and O–H groups in total. The average molecular weight is 331 g/mol. The molecule has 1 saturated heterocycles. The van der Waals surface area contributed by atoms with Gasteiger partial charge in [0.2, 0.25) is 0 Å². The predicted molar refractivity (Wildman–Crippen MR) is 88.2 cm³/mol. The Kier molecular flexibility index (Phi) is 4.46. The lowest BCUT2D eigenvalue weighted by Gasteiger charge is -2.33. The number of likely N-dealkylation sites (tertiary alicyclic amines) is 1. The van der Waals surface area contributed by atoms with Gasteiger partial charge in [0.05, 0.1) is 14.2 Å². The van der Waals surface area contributed by atoms with Gasteiger partial charge in [-0.1, -0.05) is 0 Å². The molecular weight excluding hydrogens is 310 g/mol. The number of piperidine rings is 1. The molecule has 1 amide bonds. The SMILES string of the molecule is COC(=O)C1CCCCN1C(=O)c1oc2ccc(OC)cc2c1C. The van der Waals surface area contributed by atoms with Gasteiger partial charge in [-0.3, -0.25) is 4.79 Å². The lowest BCUT2D eigenvalue weighted by molar-refractivity contribution is -0.147. The molecule has 1 aromatic heterocycles. The van der Waals surface area contributed by atoms with Gasteiger partial charge in [0.25, 0.3) is 5.91 Å². The number of carbonyl (C=O) groups excluding carboxylic acids is 2. The molecule has 6 heteroatoms. The molecule has 1 aromatic carbocycles. The van der Waals surface area contributed by atoms with Crippen LogP contribution >= 0.6 is 0 Å². The van der Waals surface area contributed by atoms with Crippen LogP contribution in [0.25, 0.3) is 11.0 Å². The molecule has 0 spiro atoms. The number of aryl methyl sites for hydroxylation is 1. The molecule has 1 atom stereocenters. The fraction of sp³-hybridized carbons (Fsp3) is 0.444. The zero-order valence-electron chi connectivity index (χ0n) is 14.1. The van der Waals surface area contributed by atoms with E-state index in [1.807, 2.05) is 13.0 Å². The van der Waals surface area contributed by atoms with Crippen LogP contribution in [0, 0.1) is 6.92 Å². The van der Waals surface area contributed by atoms with E-state index in [4.69, 9.17) is 13.9 Å². The predicted octanol–water partition coefficient (Wildman–Crippen LogP) is 2.92. The largest absolute Gasteiger partial charge is 0.497 e. The third-order valence-corrected chi connectivity index (χ3v) is 4.57. The van der Waals surface area contributed by atoms with E-state index in [0.717, 1.165) is 23.8 Å².